The first-order valence-corrected chi connectivity index (χ1v) is 12.1. The molecular formula is C29H26N6O3. The molecular weight excluding hydrogens is 480 g/mol. The Kier molecular flexibility index (Phi) is 6.01. The lowest BCUT2D eigenvalue weighted by atomic mass is 9.99. The summed E-state index contributed by atoms with van der Waals surface area (Å²) < 4.78 is 20.2. The summed E-state index contributed by atoms with van der Waals surface area (Å²) in [4.78, 5) is 4.47. The zero-order chi connectivity index (χ0) is 26.1. The molecule has 2 aromatic heterocycles. The van der Waals surface area contributed by atoms with Gasteiger partial charge in [-0.1, -0.05) is 18.2 Å². The number of para-hydroxylation sites is 1. The Labute approximate surface area is 219 Å². The number of allylic oxidation sites excluding steroid dienone is 1. The van der Waals surface area contributed by atoms with E-state index in [4.69, 9.17) is 19.3 Å². The molecule has 5 aromatic rings. The molecule has 1 unspecified atom stereocenters. The van der Waals surface area contributed by atoms with Crippen molar-refractivity contribution >= 4 is 11.6 Å². The van der Waals surface area contributed by atoms with Crippen LogP contribution in [0.15, 0.2) is 91.4 Å². The predicted octanol–water partition coefficient (Wildman–Crippen LogP) is 5.21. The maximum atomic E-state index is 5.59. The molecule has 0 spiro atoms. The van der Waals surface area contributed by atoms with Gasteiger partial charge in [0.05, 0.1) is 32.7 Å². The van der Waals surface area contributed by atoms with Gasteiger partial charge in [-0.05, 0) is 66.2 Å². The van der Waals surface area contributed by atoms with Crippen molar-refractivity contribution in [3.8, 4) is 34.2 Å². The van der Waals surface area contributed by atoms with Crippen molar-refractivity contribution in [2.75, 3.05) is 26.6 Å². The highest BCUT2D eigenvalue weighted by Gasteiger charge is 2.28. The number of rotatable bonds is 7. The normalized spacial score (nSPS) is 14.3. The minimum Gasteiger partial charge on any atom is -0.497 e. The molecule has 0 saturated heterocycles. The number of fused-ring (bicyclic) bond motifs is 1. The number of hydrogen-bond acceptors (Lipinski definition) is 7. The molecule has 0 amide bonds. The van der Waals surface area contributed by atoms with Gasteiger partial charge in [0.15, 0.2) is 11.5 Å². The van der Waals surface area contributed by atoms with Crippen LogP contribution in [0.1, 0.15) is 17.2 Å². The zero-order valence-corrected chi connectivity index (χ0v) is 21.2. The summed E-state index contributed by atoms with van der Waals surface area (Å²) in [6.07, 6.45) is 5.74. The average Bonchev–Trinajstić information content (AvgIpc) is 3.65. The fourth-order valence-electron chi connectivity index (χ4n) is 4.62. The summed E-state index contributed by atoms with van der Waals surface area (Å²) in [5.74, 6) is 2.73. The minimum absolute atomic E-state index is 0.272. The summed E-state index contributed by atoms with van der Waals surface area (Å²) in [7, 11) is 4.91. The van der Waals surface area contributed by atoms with E-state index in [1.54, 1.807) is 27.7 Å². The number of methoxy groups -OCH3 is 3. The average molecular weight is 507 g/mol. The highest BCUT2D eigenvalue weighted by molar-refractivity contribution is 5.78. The van der Waals surface area contributed by atoms with Crippen LogP contribution in [0, 0.1) is 0 Å². The third-order valence-corrected chi connectivity index (χ3v) is 6.55. The summed E-state index contributed by atoms with van der Waals surface area (Å²) in [6, 6.07) is 23.5. The molecule has 6 rings (SSSR count). The van der Waals surface area contributed by atoms with Gasteiger partial charge in [-0.2, -0.15) is 15.2 Å². The molecule has 0 radical (unpaired) electrons. The maximum Gasteiger partial charge on any atom is 0.226 e. The van der Waals surface area contributed by atoms with Crippen molar-refractivity contribution in [2.24, 2.45) is 0 Å². The predicted molar refractivity (Wildman–Crippen MR) is 145 cm³/mol. The van der Waals surface area contributed by atoms with Crippen LogP contribution in [0.5, 0.6) is 17.2 Å². The standard InChI is InChI=1S/C29H26N6O3/c1-36-22-12-9-19(10-13-22)24-16-25(35-29(32-24)30-18-31-35)23-17-34(21-7-5-4-6-8-21)33-28(23)20-11-14-26(37-2)27(15-20)38-3/h4-18,25H,1-3H3,(H,30,31,32). The van der Waals surface area contributed by atoms with Gasteiger partial charge in [0.1, 0.15) is 18.1 Å². The Morgan fingerprint density at radius 3 is 2.32 bits per heavy atom. The largest absolute Gasteiger partial charge is 0.497 e. The van der Waals surface area contributed by atoms with Crippen LogP contribution in [0.3, 0.4) is 0 Å². The topological polar surface area (TPSA) is 88.2 Å². The van der Waals surface area contributed by atoms with Crippen LogP contribution in [-0.2, 0) is 0 Å². The molecule has 3 heterocycles. The van der Waals surface area contributed by atoms with E-state index in [1.165, 1.54) is 0 Å². The first-order chi connectivity index (χ1) is 18.7. The van der Waals surface area contributed by atoms with E-state index in [0.717, 1.165) is 39.5 Å². The number of ether oxygens (including phenoxy) is 3. The molecule has 0 fully saturated rings. The van der Waals surface area contributed by atoms with Crippen LogP contribution in [0.2, 0.25) is 0 Å². The highest BCUT2D eigenvalue weighted by Crippen LogP contribution is 2.39. The number of nitrogens with zero attached hydrogens (tertiary/aromatic N) is 5. The lowest BCUT2D eigenvalue weighted by Gasteiger charge is -2.24. The number of anilines is 1. The third kappa shape index (κ3) is 4.13. The van der Waals surface area contributed by atoms with Crippen LogP contribution in [0.25, 0.3) is 22.6 Å². The Morgan fingerprint density at radius 2 is 1.58 bits per heavy atom. The van der Waals surface area contributed by atoms with Gasteiger partial charge in [-0.3, -0.25) is 0 Å². The molecule has 38 heavy (non-hydrogen) atoms. The van der Waals surface area contributed by atoms with Crippen molar-refractivity contribution in [3.05, 3.63) is 103 Å². The molecule has 1 atom stereocenters. The first kappa shape index (κ1) is 23.4. The number of hydrogen-bond donors (Lipinski definition) is 1. The summed E-state index contributed by atoms with van der Waals surface area (Å²) >= 11 is 0. The van der Waals surface area contributed by atoms with Gasteiger partial charge >= 0.3 is 0 Å². The number of benzene rings is 3. The second-order valence-electron chi connectivity index (χ2n) is 8.69. The van der Waals surface area contributed by atoms with E-state index in [1.807, 2.05) is 88.4 Å². The van der Waals surface area contributed by atoms with Crippen molar-refractivity contribution in [1.29, 1.82) is 0 Å². The Hall–Kier alpha value is -5.05. The molecule has 1 aliphatic rings. The monoisotopic (exact) mass is 506 g/mol. The van der Waals surface area contributed by atoms with Crippen LogP contribution in [0.4, 0.5) is 5.95 Å². The molecule has 0 bridgehead atoms. The van der Waals surface area contributed by atoms with Crippen molar-refractivity contribution in [2.45, 2.75) is 6.04 Å². The van der Waals surface area contributed by atoms with Crippen molar-refractivity contribution in [3.63, 3.8) is 0 Å². The summed E-state index contributed by atoms with van der Waals surface area (Å²) in [5, 5.41) is 13.0. The smallest absolute Gasteiger partial charge is 0.226 e. The lowest BCUT2D eigenvalue weighted by molar-refractivity contribution is 0.355. The summed E-state index contributed by atoms with van der Waals surface area (Å²) in [5.41, 5.74) is 5.53. The second kappa shape index (κ2) is 9.78. The van der Waals surface area contributed by atoms with E-state index < -0.39 is 0 Å². The number of aromatic nitrogens is 5. The Balaban J connectivity index is 1.53. The van der Waals surface area contributed by atoms with E-state index in [9.17, 15) is 0 Å². The van der Waals surface area contributed by atoms with Gasteiger partial charge < -0.3 is 19.5 Å². The van der Waals surface area contributed by atoms with Gasteiger partial charge in [-0.15, -0.1) is 0 Å². The molecule has 0 aliphatic carbocycles. The van der Waals surface area contributed by atoms with E-state index in [-0.39, 0.29) is 6.04 Å². The van der Waals surface area contributed by atoms with E-state index >= 15 is 0 Å². The van der Waals surface area contributed by atoms with Crippen molar-refractivity contribution < 1.29 is 14.2 Å². The quantitative estimate of drug-likeness (QED) is 0.324. The van der Waals surface area contributed by atoms with E-state index in [2.05, 4.69) is 21.5 Å². The molecule has 9 nitrogen and oxygen atoms in total. The molecule has 190 valence electrons. The number of nitrogens with one attached hydrogen (secondary N) is 1. The van der Waals surface area contributed by atoms with Gasteiger partial charge in [-0.25, -0.2) is 9.36 Å². The van der Waals surface area contributed by atoms with Crippen LogP contribution < -0.4 is 19.5 Å². The molecule has 1 aliphatic heterocycles. The Bertz CT molecular complexity index is 1610. The van der Waals surface area contributed by atoms with Crippen molar-refractivity contribution in [1.82, 2.24) is 24.5 Å². The fraction of sp³-hybridized carbons (Fsp3) is 0.138. The molecule has 9 heteroatoms. The minimum atomic E-state index is -0.272. The second-order valence-corrected chi connectivity index (χ2v) is 8.69. The molecule has 1 N–H and O–H groups in total. The first-order valence-electron chi connectivity index (χ1n) is 12.1. The van der Waals surface area contributed by atoms with Gasteiger partial charge in [0, 0.05) is 23.0 Å². The maximum absolute atomic E-state index is 5.59. The van der Waals surface area contributed by atoms with Gasteiger partial charge in [0.2, 0.25) is 5.95 Å². The third-order valence-electron chi connectivity index (χ3n) is 6.55. The highest BCUT2D eigenvalue weighted by atomic mass is 16.5. The SMILES string of the molecule is COc1ccc(C2=CC(c3cn(-c4ccccc4)nc3-c3ccc(OC)c(OC)c3)n3ncnc3N2)cc1. The van der Waals surface area contributed by atoms with Crippen LogP contribution >= 0.6 is 0 Å². The van der Waals surface area contributed by atoms with Crippen LogP contribution in [-0.4, -0.2) is 45.9 Å². The summed E-state index contributed by atoms with van der Waals surface area (Å²) in [6.45, 7) is 0. The fourth-order valence-corrected chi connectivity index (χ4v) is 4.62. The lowest BCUT2D eigenvalue weighted by Crippen LogP contribution is -2.20. The molecule has 3 aromatic carbocycles. The van der Waals surface area contributed by atoms with Gasteiger partial charge in [0.25, 0.3) is 0 Å². The molecule has 0 saturated carbocycles. The Morgan fingerprint density at radius 1 is 0.816 bits per heavy atom. The van der Waals surface area contributed by atoms with E-state index in [0.29, 0.717) is 17.4 Å². The zero-order valence-electron chi connectivity index (χ0n) is 21.2.